The van der Waals surface area contributed by atoms with E-state index in [1.807, 2.05) is 24.3 Å². The highest BCUT2D eigenvalue weighted by atomic mass is 79.9. The highest BCUT2D eigenvalue weighted by molar-refractivity contribution is 9.10. The molecular weight excluding hydrogens is 430 g/mol. The van der Waals surface area contributed by atoms with Crippen LogP contribution in [0.25, 0.3) is 0 Å². The van der Waals surface area contributed by atoms with Gasteiger partial charge < -0.3 is 15.5 Å². The van der Waals surface area contributed by atoms with Gasteiger partial charge in [0, 0.05) is 40.6 Å². The Labute approximate surface area is 171 Å². The SMILES string of the molecule is O=C(CCN1Cc2c(Br)cccc2C1=O)Nc1cc(Cl)ccc1NC1CC1. The second-order valence-electron chi connectivity index (χ2n) is 6.90. The Hall–Kier alpha value is -2.05. The van der Waals surface area contributed by atoms with E-state index in [-0.39, 0.29) is 18.2 Å². The van der Waals surface area contributed by atoms with E-state index in [1.165, 1.54) is 0 Å². The largest absolute Gasteiger partial charge is 0.381 e. The molecule has 140 valence electrons. The number of fused-ring (bicyclic) bond motifs is 1. The van der Waals surface area contributed by atoms with Gasteiger partial charge in [0.15, 0.2) is 0 Å². The second kappa shape index (κ2) is 7.52. The smallest absolute Gasteiger partial charge is 0.254 e. The summed E-state index contributed by atoms with van der Waals surface area (Å²) in [5.41, 5.74) is 3.24. The van der Waals surface area contributed by atoms with Crippen LogP contribution in [-0.4, -0.2) is 29.3 Å². The number of amides is 2. The third-order valence-corrected chi connectivity index (χ3v) is 5.76. The van der Waals surface area contributed by atoms with Crippen LogP contribution in [0.4, 0.5) is 11.4 Å². The number of hydrogen-bond acceptors (Lipinski definition) is 3. The molecule has 1 aliphatic heterocycles. The van der Waals surface area contributed by atoms with E-state index >= 15 is 0 Å². The monoisotopic (exact) mass is 447 g/mol. The molecule has 0 radical (unpaired) electrons. The fraction of sp³-hybridized carbons (Fsp3) is 0.300. The van der Waals surface area contributed by atoms with Gasteiger partial charge in [-0.3, -0.25) is 9.59 Å². The van der Waals surface area contributed by atoms with Crippen LogP contribution in [0.5, 0.6) is 0 Å². The minimum Gasteiger partial charge on any atom is -0.381 e. The molecule has 0 bridgehead atoms. The summed E-state index contributed by atoms with van der Waals surface area (Å²) in [5.74, 6) is -0.170. The number of nitrogens with one attached hydrogen (secondary N) is 2. The van der Waals surface area contributed by atoms with E-state index in [0.717, 1.165) is 28.6 Å². The predicted octanol–water partition coefficient (Wildman–Crippen LogP) is 4.66. The van der Waals surface area contributed by atoms with Gasteiger partial charge in [-0.25, -0.2) is 0 Å². The van der Waals surface area contributed by atoms with Gasteiger partial charge in [-0.15, -0.1) is 0 Å². The molecule has 7 heteroatoms. The maximum Gasteiger partial charge on any atom is 0.254 e. The average molecular weight is 449 g/mol. The Balaban J connectivity index is 1.38. The molecule has 2 amide bonds. The minimum absolute atomic E-state index is 0.0297. The molecule has 2 N–H and O–H groups in total. The Morgan fingerprint density at radius 3 is 2.78 bits per heavy atom. The molecule has 4 rings (SSSR count). The van der Waals surface area contributed by atoms with Crippen LogP contribution >= 0.6 is 27.5 Å². The van der Waals surface area contributed by atoms with Gasteiger partial charge in [0.1, 0.15) is 0 Å². The lowest BCUT2D eigenvalue weighted by atomic mass is 10.1. The summed E-state index contributed by atoms with van der Waals surface area (Å²) in [4.78, 5) is 26.6. The quantitative estimate of drug-likeness (QED) is 0.675. The summed E-state index contributed by atoms with van der Waals surface area (Å²) < 4.78 is 0.926. The molecule has 0 aromatic heterocycles. The average Bonchev–Trinajstić information content (AvgIpc) is 3.39. The number of benzene rings is 2. The van der Waals surface area contributed by atoms with E-state index in [4.69, 9.17) is 11.6 Å². The summed E-state index contributed by atoms with van der Waals surface area (Å²) >= 11 is 9.57. The molecule has 0 spiro atoms. The Bertz CT molecular complexity index is 914. The maximum atomic E-state index is 12.5. The van der Waals surface area contributed by atoms with E-state index in [0.29, 0.717) is 35.4 Å². The van der Waals surface area contributed by atoms with Gasteiger partial charge >= 0.3 is 0 Å². The number of rotatable bonds is 6. The first-order valence-electron chi connectivity index (χ1n) is 8.94. The van der Waals surface area contributed by atoms with Crippen molar-refractivity contribution in [2.45, 2.75) is 31.8 Å². The van der Waals surface area contributed by atoms with Gasteiger partial charge in [-0.05, 0) is 48.7 Å². The Kier molecular flexibility index (Phi) is 5.10. The van der Waals surface area contributed by atoms with E-state index in [9.17, 15) is 9.59 Å². The second-order valence-corrected chi connectivity index (χ2v) is 8.19. The maximum absolute atomic E-state index is 12.5. The molecule has 1 heterocycles. The van der Waals surface area contributed by atoms with E-state index in [2.05, 4.69) is 26.6 Å². The summed E-state index contributed by atoms with van der Waals surface area (Å²) in [6, 6.07) is 11.5. The zero-order valence-electron chi connectivity index (χ0n) is 14.6. The lowest BCUT2D eigenvalue weighted by molar-refractivity contribution is -0.116. The van der Waals surface area contributed by atoms with Crippen molar-refractivity contribution < 1.29 is 9.59 Å². The van der Waals surface area contributed by atoms with Crippen LogP contribution in [0.15, 0.2) is 40.9 Å². The van der Waals surface area contributed by atoms with Crippen molar-refractivity contribution in [3.8, 4) is 0 Å². The van der Waals surface area contributed by atoms with Crippen molar-refractivity contribution in [1.82, 2.24) is 4.90 Å². The zero-order valence-corrected chi connectivity index (χ0v) is 16.9. The Morgan fingerprint density at radius 1 is 1.22 bits per heavy atom. The van der Waals surface area contributed by atoms with E-state index in [1.54, 1.807) is 17.0 Å². The number of carbonyl (C=O) groups is 2. The molecule has 27 heavy (non-hydrogen) atoms. The van der Waals surface area contributed by atoms with Gasteiger partial charge in [-0.2, -0.15) is 0 Å². The molecule has 0 atom stereocenters. The van der Waals surface area contributed by atoms with Crippen LogP contribution in [0.3, 0.4) is 0 Å². The lowest BCUT2D eigenvalue weighted by Crippen LogP contribution is -2.28. The predicted molar refractivity (Wildman–Crippen MR) is 110 cm³/mol. The molecule has 0 unspecified atom stereocenters. The highest BCUT2D eigenvalue weighted by Gasteiger charge is 2.29. The fourth-order valence-corrected chi connectivity index (χ4v) is 3.84. The zero-order chi connectivity index (χ0) is 19.0. The number of nitrogens with zero attached hydrogens (tertiary/aromatic N) is 1. The summed E-state index contributed by atoms with van der Waals surface area (Å²) in [6.07, 6.45) is 2.51. The molecule has 1 saturated carbocycles. The van der Waals surface area contributed by atoms with Crippen molar-refractivity contribution >= 4 is 50.7 Å². The molecule has 2 aliphatic rings. The first-order chi connectivity index (χ1) is 13.0. The van der Waals surface area contributed by atoms with Gasteiger partial charge in [0.05, 0.1) is 11.4 Å². The highest BCUT2D eigenvalue weighted by Crippen LogP contribution is 2.32. The van der Waals surface area contributed by atoms with Crippen molar-refractivity contribution in [1.29, 1.82) is 0 Å². The summed E-state index contributed by atoms with van der Waals surface area (Å²) in [7, 11) is 0. The third-order valence-electron chi connectivity index (χ3n) is 4.79. The van der Waals surface area contributed by atoms with Crippen LogP contribution in [0.1, 0.15) is 35.2 Å². The summed E-state index contributed by atoms with van der Waals surface area (Å²) in [5, 5.41) is 6.89. The number of anilines is 2. The van der Waals surface area contributed by atoms with Crippen LogP contribution in [0, 0.1) is 0 Å². The lowest BCUT2D eigenvalue weighted by Gasteiger charge is -2.17. The van der Waals surface area contributed by atoms with Crippen molar-refractivity contribution in [3.63, 3.8) is 0 Å². The minimum atomic E-state index is -0.140. The van der Waals surface area contributed by atoms with Crippen molar-refractivity contribution in [2.24, 2.45) is 0 Å². The first kappa shape index (κ1) is 18.3. The topological polar surface area (TPSA) is 61.4 Å². The van der Waals surface area contributed by atoms with Crippen molar-refractivity contribution in [2.75, 3.05) is 17.2 Å². The summed E-state index contributed by atoms with van der Waals surface area (Å²) in [6.45, 7) is 0.895. The molecule has 0 saturated heterocycles. The van der Waals surface area contributed by atoms with Crippen LogP contribution < -0.4 is 10.6 Å². The number of carbonyl (C=O) groups excluding carboxylic acids is 2. The number of halogens is 2. The molecule has 1 aliphatic carbocycles. The fourth-order valence-electron chi connectivity index (χ4n) is 3.18. The Morgan fingerprint density at radius 2 is 2.04 bits per heavy atom. The van der Waals surface area contributed by atoms with Crippen molar-refractivity contribution in [3.05, 3.63) is 57.0 Å². The van der Waals surface area contributed by atoms with Crippen LogP contribution in [0.2, 0.25) is 5.02 Å². The van der Waals surface area contributed by atoms with E-state index < -0.39 is 0 Å². The standard InChI is InChI=1S/C20H19BrClN3O2/c21-16-3-1-2-14-15(16)11-25(20(14)27)9-8-19(26)24-18-10-12(22)4-7-17(18)23-13-5-6-13/h1-4,7,10,13,23H,5-6,8-9,11H2,(H,24,26). The number of hydrogen-bond donors (Lipinski definition) is 2. The molecule has 1 fully saturated rings. The van der Waals surface area contributed by atoms with Crippen LogP contribution in [-0.2, 0) is 11.3 Å². The van der Waals surface area contributed by atoms with Gasteiger partial charge in [0.2, 0.25) is 5.91 Å². The molecule has 5 nitrogen and oxygen atoms in total. The first-order valence-corrected chi connectivity index (χ1v) is 10.1. The van der Waals surface area contributed by atoms with Gasteiger partial charge in [0.25, 0.3) is 5.91 Å². The molecule has 2 aromatic carbocycles. The molecule has 2 aromatic rings. The third kappa shape index (κ3) is 4.12. The normalized spacial score (nSPS) is 15.6. The molecular formula is C20H19BrClN3O2. The van der Waals surface area contributed by atoms with Gasteiger partial charge in [-0.1, -0.05) is 33.6 Å².